The summed E-state index contributed by atoms with van der Waals surface area (Å²) < 4.78 is 0. The minimum Gasteiger partial charge on any atom is -0.370 e. The molecule has 0 aliphatic rings. The number of carbonyl (C=O) groups is 1. The molecule has 0 aromatic heterocycles. The maximum absolute atomic E-state index is 11.0. The van der Waals surface area contributed by atoms with Crippen LogP contribution in [0.4, 0.5) is 0 Å². The molecule has 150 valence electrons. The van der Waals surface area contributed by atoms with Crippen molar-refractivity contribution >= 4 is 5.91 Å². The molecule has 3 N–H and O–H groups in total. The molecular formula is C26H30N2O. The summed E-state index contributed by atoms with van der Waals surface area (Å²) in [5.41, 5.74) is 9.73. The second-order valence-electron chi connectivity index (χ2n) is 7.55. The first-order chi connectivity index (χ1) is 14.1. The number of carbonyl (C=O) groups excluding carboxylic acids is 1. The first-order valence-electron chi connectivity index (χ1n) is 10.3. The van der Waals surface area contributed by atoms with Gasteiger partial charge in [-0.15, -0.1) is 0 Å². The molecule has 3 aromatic carbocycles. The van der Waals surface area contributed by atoms with Crippen molar-refractivity contribution in [3.63, 3.8) is 0 Å². The first-order valence-corrected chi connectivity index (χ1v) is 10.3. The monoisotopic (exact) mass is 386 g/mol. The molecule has 0 radical (unpaired) electrons. The summed E-state index contributed by atoms with van der Waals surface area (Å²) >= 11 is 0. The van der Waals surface area contributed by atoms with Crippen molar-refractivity contribution in [1.29, 1.82) is 0 Å². The summed E-state index contributed by atoms with van der Waals surface area (Å²) in [7, 11) is 0. The van der Waals surface area contributed by atoms with E-state index < -0.39 is 5.54 Å². The van der Waals surface area contributed by atoms with E-state index >= 15 is 0 Å². The lowest BCUT2D eigenvalue weighted by Crippen LogP contribution is -2.45. The van der Waals surface area contributed by atoms with Gasteiger partial charge in [-0.25, -0.2) is 0 Å². The maximum Gasteiger partial charge on any atom is 0.217 e. The lowest BCUT2D eigenvalue weighted by atomic mass is 9.76. The zero-order valence-corrected chi connectivity index (χ0v) is 17.1. The van der Waals surface area contributed by atoms with E-state index in [2.05, 4.69) is 97.2 Å². The van der Waals surface area contributed by atoms with Gasteiger partial charge < -0.3 is 5.73 Å². The second-order valence-corrected chi connectivity index (χ2v) is 7.55. The number of aryl methyl sites for hydroxylation is 1. The number of hydrogen-bond donors (Lipinski definition) is 2. The smallest absolute Gasteiger partial charge is 0.217 e. The Morgan fingerprint density at radius 2 is 1.28 bits per heavy atom. The molecule has 0 saturated carbocycles. The van der Waals surface area contributed by atoms with Gasteiger partial charge >= 0.3 is 0 Å². The zero-order chi connectivity index (χ0) is 20.5. The average molecular weight is 387 g/mol. The van der Waals surface area contributed by atoms with E-state index in [9.17, 15) is 4.79 Å². The molecular weight excluding hydrogens is 356 g/mol. The molecule has 0 fully saturated rings. The highest BCUT2D eigenvalue weighted by molar-refractivity contribution is 5.73. The fourth-order valence-electron chi connectivity index (χ4n) is 3.86. The van der Waals surface area contributed by atoms with Crippen LogP contribution in [0.1, 0.15) is 47.9 Å². The number of nitrogens with two attached hydrogens (primary N) is 1. The average Bonchev–Trinajstić information content (AvgIpc) is 2.75. The minimum absolute atomic E-state index is 0.222. The third kappa shape index (κ3) is 5.12. The summed E-state index contributed by atoms with van der Waals surface area (Å²) in [4.78, 5) is 11.0. The van der Waals surface area contributed by atoms with Crippen LogP contribution in [0.3, 0.4) is 0 Å². The van der Waals surface area contributed by atoms with E-state index in [0.717, 1.165) is 25.8 Å². The van der Waals surface area contributed by atoms with Gasteiger partial charge in [-0.3, -0.25) is 10.1 Å². The van der Waals surface area contributed by atoms with E-state index in [-0.39, 0.29) is 5.91 Å². The van der Waals surface area contributed by atoms with Crippen molar-refractivity contribution in [3.8, 4) is 0 Å². The Labute approximate surface area is 174 Å². The Balaban J connectivity index is 1.96. The molecule has 0 heterocycles. The van der Waals surface area contributed by atoms with Crippen LogP contribution in [-0.4, -0.2) is 12.5 Å². The topological polar surface area (TPSA) is 55.1 Å². The van der Waals surface area contributed by atoms with Crippen LogP contribution in [0.5, 0.6) is 0 Å². The van der Waals surface area contributed by atoms with Gasteiger partial charge in [0.15, 0.2) is 0 Å². The van der Waals surface area contributed by atoms with Gasteiger partial charge in [0, 0.05) is 6.42 Å². The van der Waals surface area contributed by atoms with Crippen LogP contribution in [0.2, 0.25) is 0 Å². The SMILES string of the molecule is Cc1ccc(C(NCCCCCC(N)=O)(c2ccccc2)c2ccccc2)cc1. The van der Waals surface area contributed by atoms with Gasteiger partial charge in [-0.2, -0.15) is 0 Å². The number of nitrogens with one attached hydrogen (secondary N) is 1. The molecule has 3 aromatic rings. The zero-order valence-electron chi connectivity index (χ0n) is 17.1. The first kappa shape index (κ1) is 20.8. The fourth-order valence-corrected chi connectivity index (χ4v) is 3.86. The van der Waals surface area contributed by atoms with Gasteiger partial charge in [0.1, 0.15) is 0 Å². The Kier molecular flexibility index (Phi) is 7.20. The number of unbranched alkanes of at least 4 members (excludes halogenated alkanes) is 2. The molecule has 0 aliphatic heterocycles. The second kappa shape index (κ2) is 10.0. The van der Waals surface area contributed by atoms with Gasteiger partial charge in [-0.05, 0) is 43.0 Å². The standard InChI is InChI=1S/C26H30N2O/c1-21-16-18-24(19-17-21)26(22-11-5-2-6-12-22,23-13-7-3-8-14-23)28-20-10-4-9-15-25(27)29/h2-3,5-8,11-14,16-19,28H,4,9-10,15,20H2,1H3,(H2,27,29). The third-order valence-corrected chi connectivity index (χ3v) is 5.39. The van der Waals surface area contributed by atoms with E-state index in [4.69, 9.17) is 5.73 Å². The van der Waals surface area contributed by atoms with E-state index in [1.165, 1.54) is 22.3 Å². The van der Waals surface area contributed by atoms with Crippen LogP contribution in [0.15, 0.2) is 84.9 Å². The quantitative estimate of drug-likeness (QED) is 0.384. The van der Waals surface area contributed by atoms with Crippen molar-refractivity contribution in [2.24, 2.45) is 5.73 Å². The van der Waals surface area contributed by atoms with Gasteiger partial charge in [-0.1, -0.05) is 96.9 Å². The number of amides is 1. The van der Waals surface area contributed by atoms with Crippen molar-refractivity contribution in [3.05, 3.63) is 107 Å². The Bertz CT molecular complexity index is 850. The summed E-state index contributed by atoms with van der Waals surface area (Å²) in [5, 5.41) is 3.87. The van der Waals surface area contributed by atoms with Gasteiger partial charge in [0.05, 0.1) is 5.54 Å². The number of benzene rings is 3. The molecule has 0 bridgehead atoms. The summed E-state index contributed by atoms with van der Waals surface area (Å²) in [5.74, 6) is -0.222. The highest BCUT2D eigenvalue weighted by Crippen LogP contribution is 2.37. The highest BCUT2D eigenvalue weighted by atomic mass is 16.1. The Morgan fingerprint density at radius 1 is 0.759 bits per heavy atom. The Morgan fingerprint density at radius 3 is 1.79 bits per heavy atom. The van der Waals surface area contributed by atoms with Crippen LogP contribution >= 0.6 is 0 Å². The highest BCUT2D eigenvalue weighted by Gasteiger charge is 2.35. The number of primary amides is 1. The largest absolute Gasteiger partial charge is 0.370 e. The molecule has 1 amide bonds. The lowest BCUT2D eigenvalue weighted by Gasteiger charge is -2.37. The van der Waals surface area contributed by atoms with Crippen LogP contribution in [-0.2, 0) is 10.3 Å². The van der Waals surface area contributed by atoms with Crippen molar-refractivity contribution in [1.82, 2.24) is 5.32 Å². The predicted molar refractivity (Wildman–Crippen MR) is 120 cm³/mol. The van der Waals surface area contributed by atoms with Crippen molar-refractivity contribution < 1.29 is 4.79 Å². The fraction of sp³-hybridized carbons (Fsp3) is 0.269. The molecule has 0 atom stereocenters. The van der Waals surface area contributed by atoms with Gasteiger partial charge in [0.25, 0.3) is 0 Å². The maximum atomic E-state index is 11.0. The van der Waals surface area contributed by atoms with Crippen LogP contribution in [0, 0.1) is 6.92 Å². The van der Waals surface area contributed by atoms with Crippen LogP contribution < -0.4 is 11.1 Å². The summed E-state index contributed by atoms with van der Waals surface area (Å²) in [6.07, 6.45) is 3.26. The number of rotatable bonds is 10. The number of hydrogen-bond acceptors (Lipinski definition) is 2. The molecule has 0 spiro atoms. The molecule has 0 saturated heterocycles. The predicted octanol–water partition coefficient (Wildman–Crippen LogP) is 4.92. The minimum atomic E-state index is -0.431. The van der Waals surface area contributed by atoms with E-state index in [1.54, 1.807) is 0 Å². The normalized spacial score (nSPS) is 11.3. The Hall–Kier alpha value is -2.91. The van der Waals surface area contributed by atoms with Crippen molar-refractivity contribution in [2.75, 3.05) is 6.54 Å². The molecule has 3 rings (SSSR count). The van der Waals surface area contributed by atoms with E-state index in [0.29, 0.717) is 6.42 Å². The van der Waals surface area contributed by atoms with E-state index in [1.807, 2.05) is 0 Å². The summed E-state index contributed by atoms with van der Waals surface area (Å²) in [6, 6.07) is 30.0. The molecule has 29 heavy (non-hydrogen) atoms. The van der Waals surface area contributed by atoms with Crippen LogP contribution in [0.25, 0.3) is 0 Å². The molecule has 0 aliphatic carbocycles. The van der Waals surface area contributed by atoms with Crippen molar-refractivity contribution in [2.45, 2.75) is 38.1 Å². The molecule has 3 nitrogen and oxygen atoms in total. The summed E-state index contributed by atoms with van der Waals surface area (Å²) in [6.45, 7) is 2.96. The lowest BCUT2D eigenvalue weighted by molar-refractivity contribution is -0.118. The molecule has 3 heteroatoms. The molecule has 0 unspecified atom stereocenters. The third-order valence-electron chi connectivity index (χ3n) is 5.39. The van der Waals surface area contributed by atoms with Gasteiger partial charge in [0.2, 0.25) is 5.91 Å².